The Morgan fingerprint density at radius 3 is 2.92 bits per heavy atom. The van der Waals surface area contributed by atoms with E-state index in [1.807, 2.05) is 23.9 Å². The van der Waals surface area contributed by atoms with Gasteiger partial charge in [0.2, 0.25) is 0 Å². The van der Waals surface area contributed by atoms with Crippen LogP contribution in [-0.2, 0) is 0 Å². The molecule has 13 heavy (non-hydrogen) atoms. The van der Waals surface area contributed by atoms with Crippen molar-refractivity contribution in [3.05, 3.63) is 27.7 Å². The number of fused-ring (bicyclic) bond motifs is 1. The Labute approximate surface area is 100 Å². The highest BCUT2D eigenvalue weighted by Gasteiger charge is 2.22. The van der Waals surface area contributed by atoms with Gasteiger partial charge in [0.25, 0.3) is 0 Å². The number of rotatable bonds is 0. The van der Waals surface area contributed by atoms with Crippen LogP contribution in [0, 0.1) is 0 Å². The summed E-state index contributed by atoms with van der Waals surface area (Å²) in [4.78, 5) is 1.61. The van der Waals surface area contributed by atoms with Gasteiger partial charge in [0, 0.05) is 9.72 Å². The summed E-state index contributed by atoms with van der Waals surface area (Å²) in [5, 5.41) is 1.35. The third-order valence-corrected chi connectivity index (χ3v) is 4.88. The maximum Gasteiger partial charge on any atom is 0.0646 e. The lowest BCUT2D eigenvalue weighted by Gasteiger charge is -2.21. The predicted molar refractivity (Wildman–Crippen MR) is 63.5 cm³/mol. The third kappa shape index (κ3) is 1.87. The zero-order valence-corrected chi connectivity index (χ0v) is 10.6. The van der Waals surface area contributed by atoms with Crippen LogP contribution < -0.4 is 0 Å². The van der Waals surface area contributed by atoms with Crippen molar-refractivity contribution in [2.75, 3.05) is 5.75 Å². The lowest BCUT2D eigenvalue weighted by molar-refractivity contribution is 0.880. The summed E-state index contributed by atoms with van der Waals surface area (Å²) in [6.07, 6.45) is 1.11. The van der Waals surface area contributed by atoms with Crippen LogP contribution in [0.5, 0.6) is 0 Å². The van der Waals surface area contributed by atoms with Crippen molar-refractivity contribution in [3.63, 3.8) is 0 Å². The molecular formula is C9H7BrCl2S. The van der Waals surface area contributed by atoms with Crippen LogP contribution in [0.2, 0.25) is 10.0 Å². The van der Waals surface area contributed by atoms with Gasteiger partial charge in [0.15, 0.2) is 0 Å². The lowest BCUT2D eigenvalue weighted by atomic mass is 10.1. The smallest absolute Gasteiger partial charge is 0.0646 e. The summed E-state index contributed by atoms with van der Waals surface area (Å²) in [5.41, 5.74) is 1.16. The van der Waals surface area contributed by atoms with Crippen molar-refractivity contribution in [2.24, 2.45) is 0 Å². The fraction of sp³-hybridized carbons (Fsp3) is 0.333. The molecule has 2 rings (SSSR count). The van der Waals surface area contributed by atoms with Crippen LogP contribution in [0.4, 0.5) is 0 Å². The Morgan fingerprint density at radius 1 is 1.38 bits per heavy atom. The summed E-state index contributed by atoms with van der Waals surface area (Å²) in [6.45, 7) is 0. The van der Waals surface area contributed by atoms with Gasteiger partial charge in [-0.05, 0) is 29.9 Å². The molecule has 0 saturated carbocycles. The van der Waals surface area contributed by atoms with Gasteiger partial charge in [-0.15, -0.1) is 11.8 Å². The molecule has 0 saturated heterocycles. The Balaban J connectivity index is 2.58. The molecule has 0 nitrogen and oxygen atoms in total. The summed E-state index contributed by atoms with van der Waals surface area (Å²) in [7, 11) is 0. The average Bonchev–Trinajstić information content (AvgIpc) is 2.12. The van der Waals surface area contributed by atoms with Gasteiger partial charge in [-0.1, -0.05) is 39.1 Å². The number of thioether (sulfide) groups is 1. The van der Waals surface area contributed by atoms with Gasteiger partial charge in [-0.2, -0.15) is 0 Å². The van der Waals surface area contributed by atoms with Gasteiger partial charge >= 0.3 is 0 Å². The average molecular weight is 298 g/mol. The van der Waals surface area contributed by atoms with Crippen LogP contribution in [0.1, 0.15) is 16.8 Å². The second-order valence-electron chi connectivity index (χ2n) is 2.88. The van der Waals surface area contributed by atoms with Crippen molar-refractivity contribution in [1.82, 2.24) is 0 Å². The zero-order valence-electron chi connectivity index (χ0n) is 6.69. The monoisotopic (exact) mass is 296 g/mol. The van der Waals surface area contributed by atoms with Crippen molar-refractivity contribution in [2.45, 2.75) is 16.1 Å². The quantitative estimate of drug-likeness (QED) is 0.612. The molecule has 1 heterocycles. The number of hydrogen-bond acceptors (Lipinski definition) is 1. The molecule has 1 atom stereocenters. The van der Waals surface area contributed by atoms with Gasteiger partial charge < -0.3 is 0 Å². The Kier molecular flexibility index (Phi) is 3.14. The SMILES string of the molecule is Clc1ccc2c(c1Cl)C(Br)CCS2. The Bertz CT molecular complexity index is 341. The van der Waals surface area contributed by atoms with E-state index in [1.165, 1.54) is 4.90 Å². The van der Waals surface area contributed by atoms with E-state index in [-0.39, 0.29) is 0 Å². The highest BCUT2D eigenvalue weighted by atomic mass is 79.9. The maximum atomic E-state index is 6.13. The fourth-order valence-electron chi connectivity index (χ4n) is 1.38. The van der Waals surface area contributed by atoms with E-state index < -0.39 is 0 Å². The van der Waals surface area contributed by atoms with Gasteiger partial charge in [0.1, 0.15) is 0 Å². The van der Waals surface area contributed by atoms with Gasteiger partial charge in [-0.25, -0.2) is 0 Å². The summed E-state index contributed by atoms with van der Waals surface area (Å²) >= 11 is 17.5. The van der Waals surface area contributed by atoms with E-state index in [2.05, 4.69) is 15.9 Å². The van der Waals surface area contributed by atoms with Crippen molar-refractivity contribution >= 4 is 50.9 Å². The second kappa shape index (κ2) is 4.01. The number of halogens is 3. The number of benzene rings is 1. The van der Waals surface area contributed by atoms with Crippen LogP contribution in [0.3, 0.4) is 0 Å². The summed E-state index contributed by atoms with van der Waals surface area (Å²) in [6, 6.07) is 3.91. The van der Waals surface area contributed by atoms with Crippen LogP contribution in [-0.4, -0.2) is 5.75 Å². The molecule has 70 valence electrons. The first-order valence-corrected chi connectivity index (χ1v) is 6.60. The molecule has 0 radical (unpaired) electrons. The van der Waals surface area contributed by atoms with E-state index in [0.29, 0.717) is 14.9 Å². The highest BCUT2D eigenvalue weighted by molar-refractivity contribution is 9.09. The van der Waals surface area contributed by atoms with Gasteiger partial charge in [-0.3, -0.25) is 0 Å². The first-order chi connectivity index (χ1) is 6.20. The van der Waals surface area contributed by atoms with E-state index in [1.54, 1.807) is 0 Å². The predicted octanol–water partition coefficient (Wildman–Crippen LogP) is 4.93. The lowest BCUT2D eigenvalue weighted by Crippen LogP contribution is -2.02. The molecule has 1 aliphatic heterocycles. The zero-order chi connectivity index (χ0) is 9.42. The molecule has 0 aromatic heterocycles. The van der Waals surface area contributed by atoms with Crippen LogP contribution in [0.25, 0.3) is 0 Å². The molecule has 0 spiro atoms. The summed E-state index contributed by atoms with van der Waals surface area (Å²) in [5.74, 6) is 1.14. The maximum absolute atomic E-state index is 6.13. The minimum atomic E-state index is 0.356. The standard InChI is InChI=1S/C9H7BrCl2S/c10-5-3-4-13-7-2-1-6(11)9(12)8(5)7/h1-2,5H,3-4H2. The molecule has 0 aliphatic carbocycles. The first kappa shape index (κ1) is 10.2. The van der Waals surface area contributed by atoms with Crippen molar-refractivity contribution in [1.29, 1.82) is 0 Å². The van der Waals surface area contributed by atoms with Crippen molar-refractivity contribution < 1.29 is 0 Å². The largest absolute Gasteiger partial charge is 0.126 e. The minimum Gasteiger partial charge on any atom is -0.126 e. The topological polar surface area (TPSA) is 0 Å². The molecule has 0 amide bonds. The third-order valence-electron chi connectivity index (χ3n) is 2.03. The van der Waals surface area contributed by atoms with E-state index in [9.17, 15) is 0 Å². The molecule has 1 aromatic rings. The molecule has 0 N–H and O–H groups in total. The molecule has 4 heteroatoms. The van der Waals surface area contributed by atoms with E-state index in [4.69, 9.17) is 23.2 Å². The fourth-order valence-corrected chi connectivity index (χ4v) is 4.33. The normalized spacial score (nSPS) is 21.3. The van der Waals surface area contributed by atoms with Gasteiger partial charge in [0.05, 0.1) is 10.0 Å². The van der Waals surface area contributed by atoms with E-state index in [0.717, 1.165) is 17.7 Å². The number of hydrogen-bond donors (Lipinski definition) is 0. The molecule has 0 fully saturated rings. The second-order valence-corrected chi connectivity index (χ2v) is 5.91. The van der Waals surface area contributed by atoms with Crippen molar-refractivity contribution in [3.8, 4) is 0 Å². The molecular weight excluding hydrogens is 291 g/mol. The molecule has 1 aromatic carbocycles. The Hall–Kier alpha value is 0.630. The molecule has 0 bridgehead atoms. The van der Waals surface area contributed by atoms with E-state index >= 15 is 0 Å². The first-order valence-electron chi connectivity index (χ1n) is 3.95. The molecule has 1 unspecified atom stereocenters. The van der Waals surface area contributed by atoms with Crippen LogP contribution in [0.15, 0.2) is 17.0 Å². The molecule has 1 aliphatic rings. The minimum absolute atomic E-state index is 0.356. The number of alkyl halides is 1. The Morgan fingerprint density at radius 2 is 2.15 bits per heavy atom. The summed E-state index contributed by atoms with van der Waals surface area (Å²) < 4.78 is 0. The van der Waals surface area contributed by atoms with Crippen LogP contribution >= 0.6 is 50.9 Å². The highest BCUT2D eigenvalue weighted by Crippen LogP contribution is 2.46.